The van der Waals surface area contributed by atoms with Crippen LogP contribution in [0, 0.1) is 6.92 Å². The Morgan fingerprint density at radius 3 is 2.72 bits per heavy atom. The Hall–Kier alpha value is -1.22. The van der Waals surface area contributed by atoms with Crippen LogP contribution in [-0.2, 0) is 0 Å². The second kappa shape index (κ2) is 7.98. The van der Waals surface area contributed by atoms with E-state index in [1.807, 2.05) is 25.1 Å². The van der Waals surface area contributed by atoms with Crippen LogP contribution in [0.15, 0.2) is 18.2 Å². The summed E-state index contributed by atoms with van der Waals surface area (Å²) in [7, 11) is 1.68. The van der Waals surface area contributed by atoms with Gasteiger partial charge in [0.1, 0.15) is 0 Å². The molecule has 18 heavy (non-hydrogen) atoms. The third-order valence-electron chi connectivity index (χ3n) is 2.86. The first-order valence-corrected chi connectivity index (χ1v) is 6.69. The van der Waals surface area contributed by atoms with Crippen LogP contribution < -0.4 is 14.8 Å². The second-order valence-electron chi connectivity index (χ2n) is 4.58. The van der Waals surface area contributed by atoms with E-state index in [-0.39, 0.29) is 6.10 Å². The SMILES string of the molecule is CCNCCCC(C)Oc1ccc(C)cc1OC. The van der Waals surface area contributed by atoms with Crippen LogP contribution in [0.1, 0.15) is 32.3 Å². The number of nitrogens with one attached hydrogen (secondary N) is 1. The highest BCUT2D eigenvalue weighted by Gasteiger charge is 2.08. The number of benzene rings is 1. The van der Waals surface area contributed by atoms with Crippen LogP contribution in [0.3, 0.4) is 0 Å². The van der Waals surface area contributed by atoms with Crippen molar-refractivity contribution in [2.75, 3.05) is 20.2 Å². The zero-order valence-corrected chi connectivity index (χ0v) is 12.0. The smallest absolute Gasteiger partial charge is 0.161 e. The van der Waals surface area contributed by atoms with Gasteiger partial charge in [-0.1, -0.05) is 13.0 Å². The van der Waals surface area contributed by atoms with E-state index in [4.69, 9.17) is 9.47 Å². The fraction of sp³-hybridized carbons (Fsp3) is 0.600. The molecule has 102 valence electrons. The number of ether oxygens (including phenoxy) is 2. The number of methoxy groups -OCH3 is 1. The van der Waals surface area contributed by atoms with Crippen molar-refractivity contribution in [1.82, 2.24) is 5.32 Å². The van der Waals surface area contributed by atoms with E-state index in [2.05, 4.69) is 19.2 Å². The van der Waals surface area contributed by atoms with Crippen LogP contribution in [0.4, 0.5) is 0 Å². The molecule has 0 aliphatic carbocycles. The first kappa shape index (κ1) is 14.8. The van der Waals surface area contributed by atoms with Crippen LogP contribution in [-0.4, -0.2) is 26.3 Å². The average Bonchev–Trinajstić information content (AvgIpc) is 2.37. The summed E-state index contributed by atoms with van der Waals surface area (Å²) in [5.41, 5.74) is 1.18. The highest BCUT2D eigenvalue weighted by atomic mass is 16.5. The Kier molecular flexibility index (Phi) is 6.58. The molecule has 0 aromatic heterocycles. The Morgan fingerprint density at radius 1 is 1.28 bits per heavy atom. The number of rotatable bonds is 8. The van der Waals surface area contributed by atoms with E-state index in [0.29, 0.717) is 0 Å². The first-order chi connectivity index (χ1) is 8.67. The molecule has 3 nitrogen and oxygen atoms in total. The van der Waals surface area contributed by atoms with Crippen molar-refractivity contribution in [1.29, 1.82) is 0 Å². The molecule has 0 saturated heterocycles. The molecule has 1 aromatic rings. The Bertz CT molecular complexity index is 352. The van der Waals surface area contributed by atoms with Gasteiger partial charge in [0, 0.05) is 0 Å². The van der Waals surface area contributed by atoms with Crippen LogP contribution in [0.2, 0.25) is 0 Å². The molecule has 0 amide bonds. The summed E-state index contributed by atoms with van der Waals surface area (Å²) in [5, 5.41) is 3.32. The molecule has 0 aliphatic rings. The fourth-order valence-electron chi connectivity index (χ4n) is 1.84. The topological polar surface area (TPSA) is 30.5 Å². The minimum atomic E-state index is 0.209. The van der Waals surface area contributed by atoms with Crippen molar-refractivity contribution in [3.05, 3.63) is 23.8 Å². The van der Waals surface area contributed by atoms with Gasteiger partial charge in [-0.15, -0.1) is 0 Å². The molecule has 0 spiro atoms. The van der Waals surface area contributed by atoms with Crippen LogP contribution >= 0.6 is 0 Å². The van der Waals surface area contributed by atoms with Crippen molar-refractivity contribution in [3.63, 3.8) is 0 Å². The lowest BCUT2D eigenvalue weighted by Gasteiger charge is -2.17. The second-order valence-corrected chi connectivity index (χ2v) is 4.58. The lowest BCUT2D eigenvalue weighted by molar-refractivity contribution is 0.198. The van der Waals surface area contributed by atoms with Gasteiger partial charge in [0.2, 0.25) is 0 Å². The van der Waals surface area contributed by atoms with Gasteiger partial charge in [-0.3, -0.25) is 0 Å². The Morgan fingerprint density at radius 2 is 2.06 bits per heavy atom. The molecule has 0 saturated carbocycles. The molecule has 0 bridgehead atoms. The highest BCUT2D eigenvalue weighted by molar-refractivity contribution is 5.42. The van der Waals surface area contributed by atoms with Crippen molar-refractivity contribution in [2.24, 2.45) is 0 Å². The zero-order chi connectivity index (χ0) is 13.4. The van der Waals surface area contributed by atoms with Crippen LogP contribution in [0.5, 0.6) is 11.5 Å². The number of hydrogen-bond acceptors (Lipinski definition) is 3. The average molecular weight is 251 g/mol. The predicted molar refractivity (Wildman–Crippen MR) is 75.6 cm³/mol. The quantitative estimate of drug-likeness (QED) is 0.720. The maximum absolute atomic E-state index is 5.92. The van der Waals surface area contributed by atoms with Gasteiger partial charge in [-0.25, -0.2) is 0 Å². The lowest BCUT2D eigenvalue weighted by Crippen LogP contribution is -2.18. The third kappa shape index (κ3) is 4.96. The molecular formula is C15H25NO2. The summed E-state index contributed by atoms with van der Waals surface area (Å²) in [6, 6.07) is 6.03. The largest absolute Gasteiger partial charge is 0.493 e. The van der Waals surface area contributed by atoms with Crippen molar-refractivity contribution in [2.45, 2.75) is 39.7 Å². The maximum atomic E-state index is 5.92. The van der Waals surface area contributed by atoms with E-state index in [0.717, 1.165) is 37.4 Å². The summed E-state index contributed by atoms with van der Waals surface area (Å²) < 4.78 is 11.3. The van der Waals surface area contributed by atoms with E-state index < -0.39 is 0 Å². The summed E-state index contributed by atoms with van der Waals surface area (Å²) in [6.07, 6.45) is 2.38. The third-order valence-corrected chi connectivity index (χ3v) is 2.86. The van der Waals surface area contributed by atoms with Crippen LogP contribution in [0.25, 0.3) is 0 Å². The van der Waals surface area contributed by atoms with Gasteiger partial charge in [-0.2, -0.15) is 0 Å². The van der Waals surface area contributed by atoms with Gasteiger partial charge >= 0.3 is 0 Å². The van der Waals surface area contributed by atoms with Gasteiger partial charge < -0.3 is 14.8 Å². The van der Waals surface area contributed by atoms with E-state index >= 15 is 0 Å². The monoisotopic (exact) mass is 251 g/mol. The maximum Gasteiger partial charge on any atom is 0.161 e. The molecule has 1 unspecified atom stereocenters. The predicted octanol–water partition coefficient (Wildman–Crippen LogP) is 3.16. The van der Waals surface area contributed by atoms with Gasteiger partial charge in [0.25, 0.3) is 0 Å². The molecule has 1 atom stereocenters. The number of aryl methyl sites for hydroxylation is 1. The Balaban J connectivity index is 2.45. The fourth-order valence-corrected chi connectivity index (χ4v) is 1.84. The number of hydrogen-bond donors (Lipinski definition) is 1. The van der Waals surface area contributed by atoms with E-state index in [1.165, 1.54) is 5.56 Å². The van der Waals surface area contributed by atoms with E-state index in [1.54, 1.807) is 7.11 Å². The minimum Gasteiger partial charge on any atom is -0.493 e. The molecule has 1 aromatic carbocycles. The summed E-state index contributed by atoms with van der Waals surface area (Å²) in [5.74, 6) is 1.65. The molecule has 0 aliphatic heterocycles. The molecule has 0 fully saturated rings. The van der Waals surface area contributed by atoms with Gasteiger partial charge in [0.15, 0.2) is 11.5 Å². The summed E-state index contributed by atoms with van der Waals surface area (Å²) >= 11 is 0. The van der Waals surface area contributed by atoms with Crippen molar-refractivity contribution >= 4 is 0 Å². The molecule has 0 radical (unpaired) electrons. The molecule has 1 N–H and O–H groups in total. The van der Waals surface area contributed by atoms with E-state index in [9.17, 15) is 0 Å². The Labute approximate surface area is 110 Å². The highest BCUT2D eigenvalue weighted by Crippen LogP contribution is 2.29. The summed E-state index contributed by atoms with van der Waals surface area (Å²) in [6.45, 7) is 8.35. The van der Waals surface area contributed by atoms with Crippen molar-refractivity contribution in [3.8, 4) is 11.5 Å². The summed E-state index contributed by atoms with van der Waals surface area (Å²) in [4.78, 5) is 0. The molecular weight excluding hydrogens is 226 g/mol. The zero-order valence-electron chi connectivity index (χ0n) is 12.0. The normalized spacial score (nSPS) is 12.2. The van der Waals surface area contributed by atoms with Gasteiger partial charge in [0.05, 0.1) is 13.2 Å². The first-order valence-electron chi connectivity index (χ1n) is 6.69. The van der Waals surface area contributed by atoms with Crippen molar-refractivity contribution < 1.29 is 9.47 Å². The molecule has 1 rings (SSSR count). The molecule has 0 heterocycles. The minimum absolute atomic E-state index is 0.209. The standard InChI is InChI=1S/C15H25NO2/c1-5-16-10-6-7-13(3)18-14-9-8-12(2)11-15(14)17-4/h8-9,11,13,16H,5-7,10H2,1-4H3. The molecule has 3 heteroatoms. The van der Waals surface area contributed by atoms with Gasteiger partial charge in [-0.05, 0) is 57.5 Å². The lowest BCUT2D eigenvalue weighted by atomic mass is 10.2.